The zero-order chi connectivity index (χ0) is 16.7. The number of thioether (sulfide) groups is 1. The fourth-order valence-electron chi connectivity index (χ4n) is 2.02. The zero-order valence-corrected chi connectivity index (χ0v) is 13.5. The molecule has 0 heterocycles. The molecule has 0 aliphatic rings. The molecule has 0 fully saturated rings. The Balaban J connectivity index is 1.87. The first kappa shape index (κ1) is 16.8. The van der Waals surface area contributed by atoms with Crippen LogP contribution in [0.3, 0.4) is 0 Å². The molecule has 0 radical (unpaired) electrons. The summed E-state index contributed by atoms with van der Waals surface area (Å²) in [5, 5.41) is 11.5. The Morgan fingerprint density at radius 1 is 1.17 bits per heavy atom. The standard InChI is InChI=1S/C18H16N2O2S/c1-13(21)20-17-7-5-16(6-8-17)18(22)12-23-11-15-4-2-3-14(9-15)10-19/h2-9H,11-12H2,1H3,(H,20,21). The summed E-state index contributed by atoms with van der Waals surface area (Å²) in [7, 11) is 0. The second-order valence-electron chi connectivity index (χ2n) is 4.99. The maximum atomic E-state index is 12.1. The number of rotatable bonds is 6. The van der Waals surface area contributed by atoms with Crippen molar-refractivity contribution in [2.75, 3.05) is 11.1 Å². The second kappa shape index (κ2) is 8.16. The molecule has 0 bridgehead atoms. The Kier molecular flexibility index (Phi) is 5.95. The van der Waals surface area contributed by atoms with Crippen LogP contribution in [0.1, 0.15) is 28.4 Å². The van der Waals surface area contributed by atoms with E-state index in [0.29, 0.717) is 28.3 Å². The summed E-state index contributed by atoms with van der Waals surface area (Å²) in [6.07, 6.45) is 0. The SMILES string of the molecule is CC(=O)Nc1ccc(C(=O)CSCc2cccc(C#N)c2)cc1. The summed E-state index contributed by atoms with van der Waals surface area (Å²) in [6.45, 7) is 1.44. The number of anilines is 1. The summed E-state index contributed by atoms with van der Waals surface area (Å²) in [5.74, 6) is 0.960. The molecule has 2 aromatic carbocycles. The molecule has 0 saturated heterocycles. The van der Waals surface area contributed by atoms with Crippen molar-refractivity contribution in [3.8, 4) is 6.07 Å². The minimum Gasteiger partial charge on any atom is -0.326 e. The third-order valence-corrected chi connectivity index (χ3v) is 4.09. The highest BCUT2D eigenvalue weighted by Crippen LogP contribution is 2.16. The van der Waals surface area contributed by atoms with Crippen LogP contribution in [0.25, 0.3) is 0 Å². The van der Waals surface area contributed by atoms with Crippen LogP contribution in [-0.2, 0) is 10.5 Å². The summed E-state index contributed by atoms with van der Waals surface area (Å²) >= 11 is 1.51. The Hall–Kier alpha value is -2.58. The Bertz CT molecular complexity index is 748. The molecule has 0 spiro atoms. The normalized spacial score (nSPS) is 9.91. The summed E-state index contributed by atoms with van der Waals surface area (Å²) < 4.78 is 0. The van der Waals surface area contributed by atoms with Crippen molar-refractivity contribution in [2.24, 2.45) is 0 Å². The van der Waals surface area contributed by atoms with Gasteiger partial charge in [0.05, 0.1) is 17.4 Å². The van der Waals surface area contributed by atoms with Crippen molar-refractivity contribution >= 4 is 29.1 Å². The molecule has 4 nitrogen and oxygen atoms in total. The molecular formula is C18H16N2O2S. The topological polar surface area (TPSA) is 70.0 Å². The number of hydrogen-bond acceptors (Lipinski definition) is 4. The van der Waals surface area contributed by atoms with Gasteiger partial charge in [-0.2, -0.15) is 5.26 Å². The molecule has 0 unspecified atom stereocenters. The van der Waals surface area contributed by atoms with Crippen LogP contribution < -0.4 is 5.32 Å². The van der Waals surface area contributed by atoms with Gasteiger partial charge >= 0.3 is 0 Å². The van der Waals surface area contributed by atoms with E-state index in [4.69, 9.17) is 5.26 Å². The maximum Gasteiger partial charge on any atom is 0.221 e. The van der Waals surface area contributed by atoms with Gasteiger partial charge in [-0.1, -0.05) is 12.1 Å². The lowest BCUT2D eigenvalue weighted by molar-refractivity contribution is -0.114. The third-order valence-electron chi connectivity index (χ3n) is 3.09. The van der Waals surface area contributed by atoms with Crippen LogP contribution in [0.4, 0.5) is 5.69 Å². The molecule has 1 N–H and O–H groups in total. The Morgan fingerprint density at radius 3 is 2.57 bits per heavy atom. The molecule has 2 rings (SSSR count). The van der Waals surface area contributed by atoms with E-state index in [1.54, 1.807) is 30.3 Å². The average Bonchev–Trinajstić information content (AvgIpc) is 2.55. The molecule has 0 aromatic heterocycles. The number of amides is 1. The van der Waals surface area contributed by atoms with Crippen LogP contribution in [0.2, 0.25) is 0 Å². The highest BCUT2D eigenvalue weighted by Gasteiger charge is 2.07. The molecule has 2 aromatic rings. The summed E-state index contributed by atoms with van der Waals surface area (Å²) in [5.41, 5.74) is 2.96. The fourth-order valence-corrected chi connectivity index (χ4v) is 2.89. The van der Waals surface area contributed by atoms with Crippen molar-refractivity contribution in [2.45, 2.75) is 12.7 Å². The van der Waals surface area contributed by atoms with Gasteiger partial charge in [0.1, 0.15) is 0 Å². The van der Waals surface area contributed by atoms with E-state index >= 15 is 0 Å². The van der Waals surface area contributed by atoms with Crippen molar-refractivity contribution in [1.29, 1.82) is 5.26 Å². The molecule has 0 aliphatic heterocycles. The van der Waals surface area contributed by atoms with Crippen LogP contribution >= 0.6 is 11.8 Å². The first-order valence-electron chi connectivity index (χ1n) is 7.06. The quantitative estimate of drug-likeness (QED) is 0.824. The maximum absolute atomic E-state index is 12.1. The number of Topliss-reactive ketones (excluding diaryl/α,β-unsaturated/α-hetero) is 1. The number of benzene rings is 2. The van der Waals surface area contributed by atoms with E-state index in [1.807, 2.05) is 18.2 Å². The van der Waals surface area contributed by atoms with Crippen molar-refractivity contribution in [3.05, 3.63) is 65.2 Å². The van der Waals surface area contributed by atoms with E-state index < -0.39 is 0 Å². The first-order chi connectivity index (χ1) is 11.1. The minimum absolute atomic E-state index is 0.0424. The van der Waals surface area contributed by atoms with Crippen LogP contribution in [0.15, 0.2) is 48.5 Å². The molecule has 0 atom stereocenters. The monoisotopic (exact) mass is 324 g/mol. The molecular weight excluding hydrogens is 308 g/mol. The van der Waals surface area contributed by atoms with E-state index in [0.717, 1.165) is 5.56 Å². The van der Waals surface area contributed by atoms with Crippen molar-refractivity contribution in [3.63, 3.8) is 0 Å². The van der Waals surface area contributed by atoms with Crippen LogP contribution in [0.5, 0.6) is 0 Å². The number of nitrogens with zero attached hydrogens (tertiary/aromatic N) is 1. The largest absolute Gasteiger partial charge is 0.326 e. The summed E-state index contributed by atoms with van der Waals surface area (Å²) in [6, 6.07) is 16.3. The minimum atomic E-state index is -0.140. The number of carbonyl (C=O) groups is 2. The van der Waals surface area contributed by atoms with Gasteiger partial charge in [-0.05, 0) is 42.0 Å². The molecule has 116 valence electrons. The number of nitriles is 1. The second-order valence-corrected chi connectivity index (χ2v) is 5.97. The van der Waals surface area contributed by atoms with Gasteiger partial charge < -0.3 is 5.32 Å². The highest BCUT2D eigenvalue weighted by molar-refractivity contribution is 7.99. The highest BCUT2D eigenvalue weighted by atomic mass is 32.2. The van der Waals surface area contributed by atoms with Gasteiger partial charge in [-0.25, -0.2) is 0 Å². The number of ketones is 1. The number of carbonyl (C=O) groups excluding carboxylic acids is 2. The molecule has 23 heavy (non-hydrogen) atoms. The Labute approximate surface area is 139 Å². The summed E-state index contributed by atoms with van der Waals surface area (Å²) in [4.78, 5) is 23.1. The van der Waals surface area contributed by atoms with E-state index in [-0.39, 0.29) is 11.7 Å². The third kappa shape index (κ3) is 5.28. The lowest BCUT2D eigenvalue weighted by atomic mass is 10.1. The van der Waals surface area contributed by atoms with Crippen molar-refractivity contribution in [1.82, 2.24) is 0 Å². The van der Waals surface area contributed by atoms with Gasteiger partial charge in [0, 0.05) is 23.9 Å². The van der Waals surface area contributed by atoms with Crippen LogP contribution in [0, 0.1) is 11.3 Å². The van der Waals surface area contributed by atoms with Gasteiger partial charge in [0.2, 0.25) is 5.91 Å². The molecule has 1 amide bonds. The van der Waals surface area contributed by atoms with Gasteiger partial charge in [0.15, 0.2) is 5.78 Å². The predicted octanol–water partition coefficient (Wildman–Crippen LogP) is 3.63. The Morgan fingerprint density at radius 2 is 1.91 bits per heavy atom. The lowest BCUT2D eigenvalue weighted by Crippen LogP contribution is -2.07. The molecule has 0 saturated carbocycles. The van der Waals surface area contributed by atoms with Gasteiger partial charge in [-0.15, -0.1) is 11.8 Å². The first-order valence-corrected chi connectivity index (χ1v) is 8.21. The number of nitrogens with one attached hydrogen (secondary N) is 1. The number of hydrogen-bond donors (Lipinski definition) is 1. The van der Waals surface area contributed by atoms with Gasteiger partial charge in [0.25, 0.3) is 0 Å². The predicted molar refractivity (Wildman–Crippen MR) is 92.4 cm³/mol. The van der Waals surface area contributed by atoms with E-state index in [1.165, 1.54) is 18.7 Å². The van der Waals surface area contributed by atoms with E-state index in [2.05, 4.69) is 11.4 Å². The lowest BCUT2D eigenvalue weighted by Gasteiger charge is -2.05. The van der Waals surface area contributed by atoms with Gasteiger partial charge in [-0.3, -0.25) is 9.59 Å². The zero-order valence-electron chi connectivity index (χ0n) is 12.7. The van der Waals surface area contributed by atoms with Crippen molar-refractivity contribution < 1.29 is 9.59 Å². The van der Waals surface area contributed by atoms with E-state index in [9.17, 15) is 9.59 Å². The fraction of sp³-hybridized carbons (Fsp3) is 0.167. The van der Waals surface area contributed by atoms with Crippen LogP contribution in [-0.4, -0.2) is 17.4 Å². The smallest absolute Gasteiger partial charge is 0.221 e. The molecule has 0 aliphatic carbocycles. The molecule has 5 heteroatoms. The average molecular weight is 324 g/mol.